The Kier molecular flexibility index (Phi) is 7.52. The van der Waals surface area contributed by atoms with Crippen molar-refractivity contribution in [1.29, 1.82) is 0 Å². The first-order chi connectivity index (χ1) is 13.1. The van der Waals surface area contributed by atoms with Gasteiger partial charge in [-0.2, -0.15) is 5.10 Å². The molecule has 8 heteroatoms. The molecule has 0 aliphatic heterocycles. The molecule has 0 aliphatic rings. The van der Waals surface area contributed by atoms with E-state index in [4.69, 9.17) is 9.47 Å². The van der Waals surface area contributed by atoms with Gasteiger partial charge in [0.05, 0.1) is 17.1 Å². The first-order valence-corrected chi connectivity index (χ1v) is 8.18. The number of hydrogen-bond donors (Lipinski definition) is 1. The van der Waals surface area contributed by atoms with E-state index in [1.165, 1.54) is 24.4 Å². The minimum atomic E-state index is -0.462. The van der Waals surface area contributed by atoms with Crippen LogP contribution in [0.15, 0.2) is 59.7 Å². The second kappa shape index (κ2) is 10.3. The van der Waals surface area contributed by atoms with Gasteiger partial charge in [-0.3, -0.25) is 14.9 Å². The van der Waals surface area contributed by atoms with Crippen LogP contribution in [0.2, 0.25) is 0 Å². The van der Waals surface area contributed by atoms with Crippen molar-refractivity contribution in [2.75, 3.05) is 13.2 Å². The number of nitro groups is 1. The number of nitrogens with one attached hydrogen (secondary N) is 1. The van der Waals surface area contributed by atoms with Crippen LogP contribution in [-0.4, -0.2) is 30.3 Å². The van der Waals surface area contributed by atoms with Gasteiger partial charge in [0.1, 0.15) is 0 Å². The largest absolute Gasteiger partial charge is 0.490 e. The summed E-state index contributed by atoms with van der Waals surface area (Å²) in [5.41, 5.74) is 2.74. The van der Waals surface area contributed by atoms with Crippen LogP contribution in [0.25, 0.3) is 6.08 Å². The Morgan fingerprint density at radius 1 is 1.15 bits per heavy atom. The minimum Gasteiger partial charge on any atom is -0.490 e. The number of ether oxygens (including phenoxy) is 2. The number of nitro benzene ring substituents is 1. The number of para-hydroxylation sites is 3. The van der Waals surface area contributed by atoms with Gasteiger partial charge in [0.2, 0.25) is 0 Å². The van der Waals surface area contributed by atoms with Crippen molar-refractivity contribution in [2.24, 2.45) is 5.10 Å². The average molecular weight is 369 g/mol. The number of rotatable bonds is 9. The number of carbonyl (C=O) groups excluding carboxylic acids is 1. The van der Waals surface area contributed by atoms with E-state index < -0.39 is 10.8 Å². The highest BCUT2D eigenvalue weighted by atomic mass is 16.6. The van der Waals surface area contributed by atoms with E-state index in [-0.39, 0.29) is 12.3 Å². The zero-order chi connectivity index (χ0) is 19.5. The SMILES string of the molecule is CCOc1ccccc1OCC(=O)NN=CC=Cc1ccccc1[N+](=O)[O-]. The van der Waals surface area contributed by atoms with Gasteiger partial charge in [-0.15, -0.1) is 0 Å². The third kappa shape index (κ3) is 6.28. The van der Waals surface area contributed by atoms with Crippen LogP contribution in [0.1, 0.15) is 12.5 Å². The first kappa shape index (κ1) is 19.6. The summed E-state index contributed by atoms with van der Waals surface area (Å²) in [5.74, 6) is 0.579. The quantitative estimate of drug-likeness (QED) is 0.415. The zero-order valence-corrected chi connectivity index (χ0v) is 14.7. The Labute approximate surface area is 156 Å². The summed E-state index contributed by atoms with van der Waals surface area (Å²) >= 11 is 0. The molecular formula is C19H19N3O5. The maximum atomic E-state index is 11.8. The van der Waals surface area contributed by atoms with Gasteiger partial charge < -0.3 is 9.47 Å². The summed E-state index contributed by atoms with van der Waals surface area (Å²) in [6.45, 7) is 2.12. The normalized spacial score (nSPS) is 10.9. The van der Waals surface area contributed by atoms with Gasteiger partial charge >= 0.3 is 0 Å². The molecule has 0 bridgehead atoms. The predicted molar refractivity (Wildman–Crippen MR) is 102 cm³/mol. The highest BCUT2D eigenvalue weighted by molar-refractivity contribution is 5.82. The Morgan fingerprint density at radius 2 is 1.81 bits per heavy atom. The van der Waals surface area contributed by atoms with Crippen LogP contribution < -0.4 is 14.9 Å². The maximum Gasteiger partial charge on any atom is 0.277 e. The van der Waals surface area contributed by atoms with E-state index in [0.717, 1.165) is 0 Å². The molecule has 0 fully saturated rings. The van der Waals surface area contributed by atoms with Gasteiger partial charge in [0.25, 0.3) is 11.6 Å². The van der Waals surface area contributed by atoms with E-state index in [1.54, 1.807) is 36.4 Å². The van der Waals surface area contributed by atoms with Gasteiger partial charge in [-0.05, 0) is 37.3 Å². The Hall–Kier alpha value is -3.68. The lowest BCUT2D eigenvalue weighted by atomic mass is 10.2. The molecule has 1 amide bonds. The topological polar surface area (TPSA) is 103 Å². The lowest BCUT2D eigenvalue weighted by Crippen LogP contribution is -2.24. The third-order valence-electron chi connectivity index (χ3n) is 3.27. The van der Waals surface area contributed by atoms with Crippen LogP contribution in [0, 0.1) is 10.1 Å². The summed E-state index contributed by atoms with van der Waals surface area (Å²) in [4.78, 5) is 22.2. The van der Waals surface area contributed by atoms with Gasteiger partial charge in [0.15, 0.2) is 18.1 Å². The summed E-state index contributed by atoms with van der Waals surface area (Å²) in [7, 11) is 0. The number of amides is 1. The summed E-state index contributed by atoms with van der Waals surface area (Å²) in [6.07, 6.45) is 4.35. The van der Waals surface area contributed by atoms with Crippen molar-refractivity contribution < 1.29 is 19.2 Å². The van der Waals surface area contributed by atoms with Crippen LogP contribution in [-0.2, 0) is 4.79 Å². The molecule has 27 heavy (non-hydrogen) atoms. The summed E-state index contributed by atoms with van der Waals surface area (Å²) in [6, 6.07) is 13.4. The number of allylic oxidation sites excluding steroid dienone is 1. The fourth-order valence-corrected chi connectivity index (χ4v) is 2.11. The van der Waals surface area contributed by atoms with Gasteiger partial charge in [0, 0.05) is 12.3 Å². The number of hydrogen-bond acceptors (Lipinski definition) is 6. The molecule has 2 aromatic rings. The Bertz CT molecular complexity index is 849. The van der Waals surface area contributed by atoms with Crippen molar-refractivity contribution in [3.63, 3.8) is 0 Å². The molecule has 2 aromatic carbocycles. The molecule has 0 atom stereocenters. The molecule has 0 unspecified atom stereocenters. The molecule has 0 heterocycles. The number of nitrogens with zero attached hydrogens (tertiary/aromatic N) is 2. The molecule has 0 saturated carbocycles. The molecule has 8 nitrogen and oxygen atoms in total. The zero-order valence-electron chi connectivity index (χ0n) is 14.7. The lowest BCUT2D eigenvalue weighted by molar-refractivity contribution is -0.385. The molecule has 0 aromatic heterocycles. The monoisotopic (exact) mass is 369 g/mol. The third-order valence-corrected chi connectivity index (χ3v) is 3.27. The fraction of sp³-hybridized carbons (Fsp3) is 0.158. The fourth-order valence-electron chi connectivity index (χ4n) is 2.11. The summed E-state index contributed by atoms with van der Waals surface area (Å²) in [5, 5.41) is 14.7. The van der Waals surface area contributed by atoms with Crippen LogP contribution in [0.4, 0.5) is 5.69 Å². The minimum absolute atomic E-state index is 0.00690. The molecule has 0 saturated heterocycles. The van der Waals surface area contributed by atoms with E-state index in [0.29, 0.717) is 23.7 Å². The van der Waals surface area contributed by atoms with Gasteiger partial charge in [-0.25, -0.2) is 5.43 Å². The van der Waals surface area contributed by atoms with Gasteiger partial charge in [-0.1, -0.05) is 24.3 Å². The van der Waals surface area contributed by atoms with E-state index in [2.05, 4.69) is 10.5 Å². The molecule has 0 aliphatic carbocycles. The lowest BCUT2D eigenvalue weighted by Gasteiger charge is -2.10. The van der Waals surface area contributed by atoms with Crippen molar-refractivity contribution >= 4 is 23.9 Å². The van der Waals surface area contributed by atoms with E-state index in [9.17, 15) is 14.9 Å². The van der Waals surface area contributed by atoms with E-state index in [1.807, 2.05) is 13.0 Å². The second-order valence-corrected chi connectivity index (χ2v) is 5.16. The highest BCUT2D eigenvalue weighted by Gasteiger charge is 2.09. The van der Waals surface area contributed by atoms with Crippen LogP contribution in [0.5, 0.6) is 11.5 Å². The van der Waals surface area contributed by atoms with Crippen LogP contribution >= 0.6 is 0 Å². The predicted octanol–water partition coefficient (Wildman–Crippen LogP) is 3.19. The molecule has 0 spiro atoms. The van der Waals surface area contributed by atoms with E-state index >= 15 is 0 Å². The molecule has 2 rings (SSSR count). The van der Waals surface area contributed by atoms with Crippen LogP contribution in [0.3, 0.4) is 0 Å². The molecule has 0 radical (unpaired) electrons. The van der Waals surface area contributed by atoms with Crippen molar-refractivity contribution in [3.8, 4) is 11.5 Å². The van der Waals surface area contributed by atoms with Crippen molar-refractivity contribution in [1.82, 2.24) is 5.43 Å². The average Bonchev–Trinajstić information content (AvgIpc) is 2.67. The molecule has 1 N–H and O–H groups in total. The number of hydrazone groups is 1. The second-order valence-electron chi connectivity index (χ2n) is 5.16. The smallest absolute Gasteiger partial charge is 0.277 e. The van der Waals surface area contributed by atoms with Crippen molar-refractivity contribution in [3.05, 3.63) is 70.3 Å². The highest BCUT2D eigenvalue weighted by Crippen LogP contribution is 2.26. The number of benzene rings is 2. The number of carbonyl (C=O) groups is 1. The Balaban J connectivity index is 1.83. The Morgan fingerprint density at radius 3 is 2.52 bits per heavy atom. The summed E-state index contributed by atoms with van der Waals surface area (Å²) < 4.78 is 10.8. The first-order valence-electron chi connectivity index (χ1n) is 8.18. The molecule has 140 valence electrons. The standard InChI is InChI=1S/C19H19N3O5/c1-2-26-17-11-5-6-12-18(17)27-14-19(23)21-20-13-7-9-15-8-3-4-10-16(15)22(24)25/h3-13H,2,14H2,1H3,(H,21,23). The van der Waals surface area contributed by atoms with Crippen molar-refractivity contribution in [2.45, 2.75) is 6.92 Å². The molecular weight excluding hydrogens is 350 g/mol. The maximum absolute atomic E-state index is 11.8.